The first-order valence-corrected chi connectivity index (χ1v) is 11.4. The average Bonchev–Trinajstić information content (AvgIpc) is 3.54. The quantitative estimate of drug-likeness (QED) is 0.407. The Bertz CT molecular complexity index is 1480. The Morgan fingerprint density at radius 2 is 2.03 bits per heavy atom. The lowest BCUT2D eigenvalue weighted by Gasteiger charge is -2.13. The maximum Gasteiger partial charge on any atom is 0.253 e. The van der Waals surface area contributed by atoms with E-state index in [9.17, 15) is 4.79 Å². The van der Waals surface area contributed by atoms with Crippen molar-refractivity contribution < 1.29 is 9.53 Å². The highest BCUT2D eigenvalue weighted by molar-refractivity contribution is 7.16. The van der Waals surface area contributed by atoms with Crippen LogP contribution in [0.3, 0.4) is 0 Å². The number of aromatic amines is 1. The van der Waals surface area contributed by atoms with Gasteiger partial charge in [0.2, 0.25) is 0 Å². The Kier molecular flexibility index (Phi) is 5.43. The molecule has 0 aliphatic carbocycles. The topological polar surface area (TPSA) is 88.9 Å². The van der Waals surface area contributed by atoms with Crippen molar-refractivity contribution in [2.45, 2.75) is 13.5 Å². The van der Waals surface area contributed by atoms with Crippen molar-refractivity contribution in [3.05, 3.63) is 53.2 Å². The van der Waals surface area contributed by atoms with Crippen LogP contribution in [0.1, 0.15) is 15.9 Å². The zero-order valence-electron chi connectivity index (χ0n) is 18.9. The third-order valence-electron chi connectivity index (χ3n) is 5.66. The van der Waals surface area contributed by atoms with E-state index in [-0.39, 0.29) is 5.91 Å². The molecule has 0 unspecified atom stereocenters. The number of thiazole rings is 1. The first-order valence-electron chi connectivity index (χ1n) is 10.6. The summed E-state index contributed by atoms with van der Waals surface area (Å²) in [6, 6.07) is 10.0. The first-order chi connectivity index (χ1) is 16.0. The van der Waals surface area contributed by atoms with E-state index >= 15 is 0 Å². The number of imidazole rings is 2. The Morgan fingerprint density at radius 3 is 2.82 bits per heavy atom. The van der Waals surface area contributed by atoms with E-state index in [0.29, 0.717) is 18.7 Å². The van der Waals surface area contributed by atoms with Crippen molar-refractivity contribution in [2.24, 2.45) is 0 Å². The highest BCUT2D eigenvalue weighted by Crippen LogP contribution is 2.29. The van der Waals surface area contributed by atoms with Crippen molar-refractivity contribution in [2.75, 3.05) is 27.8 Å². The van der Waals surface area contributed by atoms with Crippen LogP contribution in [0.25, 0.3) is 44.2 Å². The molecule has 1 N–H and O–H groups in total. The minimum atomic E-state index is -0.0399. The van der Waals surface area contributed by atoms with Gasteiger partial charge in [0.25, 0.3) is 5.91 Å². The maximum atomic E-state index is 12.6. The Labute approximate surface area is 194 Å². The van der Waals surface area contributed by atoms with Crippen LogP contribution in [0.5, 0.6) is 0 Å². The zero-order valence-corrected chi connectivity index (χ0v) is 19.7. The van der Waals surface area contributed by atoms with Crippen LogP contribution < -0.4 is 0 Å². The number of carbonyl (C=O) groups excluding carboxylic acids is 1. The molecule has 3 aromatic heterocycles. The van der Waals surface area contributed by atoms with Gasteiger partial charge < -0.3 is 19.2 Å². The Morgan fingerprint density at radius 1 is 1.18 bits per heavy atom. The van der Waals surface area contributed by atoms with E-state index < -0.39 is 0 Å². The number of aromatic nitrogens is 5. The summed E-state index contributed by atoms with van der Waals surface area (Å²) in [5.74, 6) is 1.44. The summed E-state index contributed by atoms with van der Waals surface area (Å²) >= 11 is 1.62. The molecule has 0 radical (unpaired) electrons. The molecule has 9 heteroatoms. The monoisotopic (exact) mass is 460 g/mol. The molecule has 0 bridgehead atoms. The number of aryl methyl sites for hydroxylation is 1. The number of nitrogens with zero attached hydrogens (tertiary/aromatic N) is 5. The van der Waals surface area contributed by atoms with Gasteiger partial charge in [0.1, 0.15) is 11.5 Å². The molecule has 0 fully saturated rings. The molecule has 168 valence electrons. The van der Waals surface area contributed by atoms with Gasteiger partial charge in [-0.15, -0.1) is 11.3 Å². The van der Waals surface area contributed by atoms with Crippen molar-refractivity contribution in [1.82, 2.24) is 29.4 Å². The second-order valence-electron chi connectivity index (χ2n) is 8.10. The number of fused-ring (bicyclic) bond motifs is 2. The number of methoxy groups -OCH3 is 1. The summed E-state index contributed by atoms with van der Waals surface area (Å²) in [6.07, 6.45) is 1.86. The summed E-state index contributed by atoms with van der Waals surface area (Å²) in [5.41, 5.74) is 7.75. The molecular formula is C24H24N6O2S. The minimum Gasteiger partial charge on any atom is -0.383 e. The van der Waals surface area contributed by atoms with Crippen molar-refractivity contribution in [1.29, 1.82) is 0 Å². The molecule has 5 aromatic rings. The summed E-state index contributed by atoms with van der Waals surface area (Å²) in [4.78, 5) is 31.6. The van der Waals surface area contributed by atoms with E-state index in [4.69, 9.17) is 14.7 Å². The second-order valence-corrected chi connectivity index (χ2v) is 8.99. The van der Waals surface area contributed by atoms with Gasteiger partial charge >= 0.3 is 0 Å². The number of carbonyl (C=O) groups is 1. The smallest absolute Gasteiger partial charge is 0.253 e. The molecule has 0 atom stereocenters. The van der Waals surface area contributed by atoms with Crippen LogP contribution >= 0.6 is 11.3 Å². The van der Waals surface area contributed by atoms with Crippen LogP contribution in [0, 0.1) is 6.92 Å². The SMILES string of the molecule is COCCn1c(-c2c[nH]c(-c3ccc4scnc4c3)n2)nc2cc(C(=O)N(C)C)c(C)cc21. The molecule has 2 aromatic carbocycles. The summed E-state index contributed by atoms with van der Waals surface area (Å²) < 4.78 is 8.58. The minimum absolute atomic E-state index is 0.0399. The van der Waals surface area contributed by atoms with Crippen LogP contribution in [-0.2, 0) is 11.3 Å². The van der Waals surface area contributed by atoms with Gasteiger partial charge in [-0.1, -0.05) is 0 Å². The molecule has 0 spiro atoms. The van der Waals surface area contributed by atoms with Crippen molar-refractivity contribution >= 4 is 38.5 Å². The highest BCUT2D eigenvalue weighted by atomic mass is 32.1. The zero-order chi connectivity index (χ0) is 23.1. The number of H-pyrrole nitrogens is 1. The Hall–Kier alpha value is -3.56. The van der Waals surface area contributed by atoms with Crippen LogP contribution in [0.15, 0.2) is 42.0 Å². The predicted molar refractivity (Wildman–Crippen MR) is 131 cm³/mol. The number of amides is 1. The molecule has 0 saturated heterocycles. The maximum absolute atomic E-state index is 12.6. The van der Waals surface area contributed by atoms with Gasteiger partial charge in [-0.05, 0) is 42.8 Å². The van der Waals surface area contributed by atoms with Crippen LogP contribution in [0.2, 0.25) is 0 Å². The number of ether oxygens (including phenoxy) is 1. The fourth-order valence-corrected chi connectivity index (χ4v) is 4.60. The van der Waals surface area contributed by atoms with Gasteiger partial charge in [0, 0.05) is 45.1 Å². The third kappa shape index (κ3) is 3.79. The standard InChI is InChI=1S/C24H24N6O2S/c1-14-9-20-17(11-16(14)24(31)29(2)3)28-23(30(20)7-8-32-4)19-12-25-22(27-19)15-5-6-21-18(10-15)26-13-33-21/h5-6,9-13H,7-8H2,1-4H3,(H,25,27). The molecule has 0 saturated carbocycles. The van der Waals surface area contributed by atoms with E-state index in [2.05, 4.69) is 20.6 Å². The fraction of sp³-hybridized carbons (Fsp3) is 0.250. The van der Waals surface area contributed by atoms with Crippen molar-refractivity contribution in [3.8, 4) is 22.9 Å². The number of hydrogen-bond donors (Lipinski definition) is 1. The highest BCUT2D eigenvalue weighted by Gasteiger charge is 2.20. The van der Waals surface area contributed by atoms with E-state index in [0.717, 1.165) is 49.7 Å². The van der Waals surface area contributed by atoms with Crippen LogP contribution in [0.4, 0.5) is 0 Å². The third-order valence-corrected chi connectivity index (χ3v) is 6.47. The molecule has 8 nitrogen and oxygen atoms in total. The number of rotatable bonds is 6. The molecular weight excluding hydrogens is 436 g/mol. The van der Waals surface area contributed by atoms with Gasteiger partial charge in [-0.2, -0.15) is 0 Å². The number of benzene rings is 2. The largest absolute Gasteiger partial charge is 0.383 e. The van der Waals surface area contributed by atoms with Crippen molar-refractivity contribution in [3.63, 3.8) is 0 Å². The first kappa shape index (κ1) is 21.3. The van der Waals surface area contributed by atoms with Gasteiger partial charge in [-0.3, -0.25) is 4.79 Å². The molecule has 3 heterocycles. The Balaban J connectivity index is 1.61. The summed E-state index contributed by atoms with van der Waals surface area (Å²) in [7, 11) is 5.19. The van der Waals surface area contributed by atoms with Crippen LogP contribution in [-0.4, -0.2) is 63.1 Å². The van der Waals surface area contributed by atoms with Gasteiger partial charge in [-0.25, -0.2) is 15.0 Å². The average molecular weight is 461 g/mol. The molecule has 0 aliphatic rings. The van der Waals surface area contributed by atoms with E-state index in [1.807, 2.05) is 42.9 Å². The van der Waals surface area contributed by atoms with E-state index in [1.165, 1.54) is 0 Å². The fourth-order valence-electron chi connectivity index (χ4n) is 3.94. The molecule has 33 heavy (non-hydrogen) atoms. The normalized spacial score (nSPS) is 11.5. The molecule has 1 amide bonds. The predicted octanol–water partition coefficient (Wildman–Crippen LogP) is 4.36. The molecule has 5 rings (SSSR count). The lowest BCUT2D eigenvalue weighted by atomic mass is 10.1. The second kappa shape index (κ2) is 8.42. The van der Waals surface area contributed by atoms with Gasteiger partial charge in [0.05, 0.1) is 33.4 Å². The number of nitrogens with one attached hydrogen (secondary N) is 1. The summed E-state index contributed by atoms with van der Waals surface area (Å²) in [6.45, 7) is 3.11. The van der Waals surface area contributed by atoms with E-state index in [1.54, 1.807) is 37.4 Å². The molecule has 0 aliphatic heterocycles. The summed E-state index contributed by atoms with van der Waals surface area (Å²) in [5, 5.41) is 0. The van der Waals surface area contributed by atoms with Gasteiger partial charge in [0.15, 0.2) is 5.82 Å². The lowest BCUT2D eigenvalue weighted by Crippen LogP contribution is -2.22. The lowest BCUT2D eigenvalue weighted by molar-refractivity contribution is 0.0827. The number of hydrogen-bond acceptors (Lipinski definition) is 6.